The number of nitrogens with two attached hydrogens (primary N) is 1. The number of benzene rings is 2. The van der Waals surface area contributed by atoms with Gasteiger partial charge in [0.1, 0.15) is 0 Å². The summed E-state index contributed by atoms with van der Waals surface area (Å²) >= 11 is 1.63. The molecular formula is C18H17FN2OS. The maximum atomic E-state index is 13.4. The molecule has 118 valence electrons. The smallest absolute Gasteiger partial charge is 0.165 e. The van der Waals surface area contributed by atoms with Crippen LogP contribution in [0.1, 0.15) is 11.4 Å². The van der Waals surface area contributed by atoms with Crippen LogP contribution in [-0.4, -0.2) is 11.6 Å². The quantitative estimate of drug-likeness (QED) is 0.534. The van der Waals surface area contributed by atoms with E-state index in [-0.39, 0.29) is 5.82 Å². The van der Waals surface area contributed by atoms with Gasteiger partial charge in [0.15, 0.2) is 11.6 Å². The van der Waals surface area contributed by atoms with E-state index in [0.29, 0.717) is 12.4 Å². The maximum Gasteiger partial charge on any atom is 0.165 e. The normalized spacial score (nSPS) is 10.7. The predicted octanol–water partition coefficient (Wildman–Crippen LogP) is 4.54. The molecule has 0 radical (unpaired) electrons. The molecular weight excluding hydrogens is 311 g/mol. The molecule has 0 aliphatic rings. The average molecular weight is 328 g/mol. The molecule has 0 spiro atoms. The maximum absolute atomic E-state index is 13.4. The molecule has 2 N–H and O–H groups in total. The molecule has 3 nitrogen and oxygen atoms in total. The van der Waals surface area contributed by atoms with Crippen LogP contribution in [0.25, 0.3) is 11.3 Å². The van der Waals surface area contributed by atoms with E-state index in [1.165, 1.54) is 6.07 Å². The van der Waals surface area contributed by atoms with Gasteiger partial charge in [-0.15, -0.1) is 11.3 Å². The molecule has 1 heterocycles. The summed E-state index contributed by atoms with van der Waals surface area (Å²) in [7, 11) is 0. The highest BCUT2D eigenvalue weighted by molar-refractivity contribution is 7.09. The number of ether oxygens (including phenoxy) is 1. The summed E-state index contributed by atoms with van der Waals surface area (Å²) in [6.07, 6.45) is 1.61. The van der Waals surface area contributed by atoms with Gasteiger partial charge in [-0.1, -0.05) is 24.3 Å². The molecule has 0 bridgehead atoms. The van der Waals surface area contributed by atoms with E-state index >= 15 is 0 Å². The van der Waals surface area contributed by atoms with Gasteiger partial charge in [0.2, 0.25) is 0 Å². The molecule has 0 aliphatic carbocycles. The highest BCUT2D eigenvalue weighted by Gasteiger charge is 2.05. The van der Waals surface area contributed by atoms with E-state index in [9.17, 15) is 4.39 Å². The fourth-order valence-electron chi connectivity index (χ4n) is 2.18. The van der Waals surface area contributed by atoms with Gasteiger partial charge in [-0.3, -0.25) is 0 Å². The number of hydrogen-bond acceptors (Lipinski definition) is 4. The average Bonchev–Trinajstić information content (AvgIpc) is 3.03. The van der Waals surface area contributed by atoms with E-state index in [1.807, 2.05) is 29.6 Å². The van der Waals surface area contributed by atoms with Gasteiger partial charge in [-0.05, 0) is 30.7 Å². The number of hydrogen-bond donors (Lipinski definition) is 1. The van der Waals surface area contributed by atoms with Crippen LogP contribution in [-0.2, 0) is 6.42 Å². The summed E-state index contributed by atoms with van der Waals surface area (Å²) < 4.78 is 18.9. The van der Waals surface area contributed by atoms with Gasteiger partial charge in [0.05, 0.1) is 17.3 Å². The van der Waals surface area contributed by atoms with Crippen molar-refractivity contribution in [3.63, 3.8) is 0 Å². The molecule has 0 saturated heterocycles. The molecule has 3 aromatic rings. The number of halogens is 1. The van der Waals surface area contributed by atoms with E-state index in [2.05, 4.69) is 4.98 Å². The molecule has 0 atom stereocenters. The zero-order valence-electron chi connectivity index (χ0n) is 12.5. The molecule has 23 heavy (non-hydrogen) atoms. The lowest BCUT2D eigenvalue weighted by molar-refractivity contribution is 0.295. The molecule has 0 aliphatic heterocycles. The molecule has 3 rings (SSSR count). The zero-order valence-corrected chi connectivity index (χ0v) is 13.4. The Labute approximate surface area is 138 Å². The molecule has 5 heteroatoms. The van der Waals surface area contributed by atoms with E-state index in [4.69, 9.17) is 10.5 Å². The first-order chi connectivity index (χ1) is 11.2. The summed E-state index contributed by atoms with van der Waals surface area (Å²) in [4.78, 5) is 4.62. The van der Waals surface area contributed by atoms with Crippen LogP contribution in [0.3, 0.4) is 0 Å². The second-order valence-electron chi connectivity index (χ2n) is 5.13. The van der Waals surface area contributed by atoms with Gasteiger partial charge >= 0.3 is 0 Å². The van der Waals surface area contributed by atoms with Crippen LogP contribution in [0.4, 0.5) is 10.1 Å². The first kappa shape index (κ1) is 15.5. The Kier molecular flexibility index (Phi) is 4.88. The van der Waals surface area contributed by atoms with Crippen LogP contribution in [0.15, 0.2) is 53.9 Å². The van der Waals surface area contributed by atoms with E-state index in [1.54, 1.807) is 29.5 Å². The lowest BCUT2D eigenvalue weighted by Crippen LogP contribution is -2.00. The summed E-state index contributed by atoms with van der Waals surface area (Å²) in [5.74, 6) is -0.0263. The van der Waals surface area contributed by atoms with Crippen molar-refractivity contribution < 1.29 is 9.13 Å². The summed E-state index contributed by atoms with van der Waals surface area (Å²) in [6.45, 7) is 0.470. The summed E-state index contributed by atoms with van der Waals surface area (Å²) in [5, 5.41) is 3.09. The topological polar surface area (TPSA) is 48.1 Å². The minimum absolute atomic E-state index is 0.300. The first-order valence-electron chi connectivity index (χ1n) is 7.40. The van der Waals surface area contributed by atoms with Gasteiger partial charge in [-0.2, -0.15) is 0 Å². The third-order valence-electron chi connectivity index (χ3n) is 3.39. The van der Waals surface area contributed by atoms with Crippen molar-refractivity contribution in [1.82, 2.24) is 4.98 Å². The van der Waals surface area contributed by atoms with Crippen LogP contribution < -0.4 is 10.5 Å². The van der Waals surface area contributed by atoms with Crippen LogP contribution >= 0.6 is 11.3 Å². The summed E-state index contributed by atoms with van der Waals surface area (Å²) in [5.41, 5.74) is 8.45. The van der Waals surface area contributed by atoms with Crippen molar-refractivity contribution in [2.75, 3.05) is 12.3 Å². The van der Waals surface area contributed by atoms with Gasteiger partial charge in [0, 0.05) is 23.1 Å². The van der Waals surface area contributed by atoms with E-state index in [0.717, 1.165) is 34.8 Å². The highest BCUT2D eigenvalue weighted by Crippen LogP contribution is 2.23. The number of rotatable bonds is 6. The summed E-state index contributed by atoms with van der Waals surface area (Å²) in [6, 6.07) is 14.1. The predicted molar refractivity (Wildman–Crippen MR) is 92.2 cm³/mol. The molecule has 0 amide bonds. The minimum Gasteiger partial charge on any atom is -0.491 e. The molecule has 0 fully saturated rings. The van der Waals surface area contributed by atoms with Crippen LogP contribution in [0.5, 0.6) is 5.75 Å². The number of anilines is 1. The lowest BCUT2D eigenvalue weighted by atomic mass is 10.1. The number of aromatic nitrogens is 1. The highest BCUT2D eigenvalue weighted by atomic mass is 32.1. The number of thiazole rings is 1. The number of nitrogens with zero attached hydrogens (tertiary/aromatic N) is 1. The van der Waals surface area contributed by atoms with Crippen molar-refractivity contribution >= 4 is 17.0 Å². The third-order valence-corrected chi connectivity index (χ3v) is 4.30. The number of nitrogen functional groups attached to an aromatic ring is 1. The molecule has 0 unspecified atom stereocenters. The Hall–Kier alpha value is -2.40. The third kappa shape index (κ3) is 4.07. The Morgan fingerprint density at radius 2 is 1.87 bits per heavy atom. The van der Waals surface area contributed by atoms with E-state index < -0.39 is 0 Å². The Morgan fingerprint density at radius 1 is 1.09 bits per heavy atom. The van der Waals surface area contributed by atoms with Gasteiger partial charge in [-0.25, -0.2) is 9.37 Å². The van der Waals surface area contributed by atoms with Crippen molar-refractivity contribution in [3.8, 4) is 17.0 Å². The standard InChI is InChI=1S/C18H17FN2OS/c19-15-4-1-2-5-17(15)22-11-3-6-18-21-16(12-23-18)13-7-9-14(20)10-8-13/h1-2,4-5,7-10,12H,3,6,11,20H2. The number of para-hydroxylation sites is 1. The second-order valence-corrected chi connectivity index (χ2v) is 6.07. The van der Waals surface area contributed by atoms with Crippen LogP contribution in [0, 0.1) is 5.82 Å². The van der Waals surface area contributed by atoms with Crippen molar-refractivity contribution in [3.05, 3.63) is 64.7 Å². The minimum atomic E-state index is -0.326. The fraction of sp³-hybridized carbons (Fsp3) is 0.167. The van der Waals surface area contributed by atoms with Crippen molar-refractivity contribution in [1.29, 1.82) is 0 Å². The van der Waals surface area contributed by atoms with Crippen molar-refractivity contribution in [2.24, 2.45) is 0 Å². The first-order valence-corrected chi connectivity index (χ1v) is 8.28. The SMILES string of the molecule is Nc1ccc(-c2csc(CCCOc3ccccc3F)n2)cc1. The molecule has 1 aromatic heterocycles. The monoisotopic (exact) mass is 328 g/mol. The van der Waals surface area contributed by atoms with Gasteiger partial charge < -0.3 is 10.5 Å². The van der Waals surface area contributed by atoms with Gasteiger partial charge in [0.25, 0.3) is 0 Å². The molecule has 0 saturated carbocycles. The van der Waals surface area contributed by atoms with Crippen LogP contribution in [0.2, 0.25) is 0 Å². The largest absolute Gasteiger partial charge is 0.491 e. The lowest BCUT2D eigenvalue weighted by Gasteiger charge is -2.05. The number of aryl methyl sites for hydroxylation is 1. The Balaban J connectivity index is 1.52. The van der Waals surface area contributed by atoms with Crippen molar-refractivity contribution in [2.45, 2.75) is 12.8 Å². The Bertz CT molecular complexity index is 771. The molecule has 2 aromatic carbocycles. The Morgan fingerprint density at radius 3 is 2.65 bits per heavy atom. The second kappa shape index (κ2) is 7.24. The zero-order chi connectivity index (χ0) is 16.1. The fourth-order valence-corrected chi connectivity index (χ4v) is 3.03.